The van der Waals surface area contributed by atoms with Gasteiger partial charge in [0.05, 0.1) is 17.6 Å². The van der Waals surface area contributed by atoms with Gasteiger partial charge in [-0.2, -0.15) is 5.10 Å². The number of sulfonamides is 1. The van der Waals surface area contributed by atoms with Crippen LogP contribution >= 0.6 is 0 Å². The van der Waals surface area contributed by atoms with Crippen molar-refractivity contribution in [3.63, 3.8) is 0 Å². The Balaban J connectivity index is 1.76. The Bertz CT molecular complexity index is 814. The summed E-state index contributed by atoms with van der Waals surface area (Å²) in [4.78, 5) is 4.78. The molecule has 0 saturated carbocycles. The summed E-state index contributed by atoms with van der Waals surface area (Å²) in [5.41, 5.74) is 2.93. The van der Waals surface area contributed by atoms with Gasteiger partial charge in [0.15, 0.2) is 0 Å². The molecule has 3 rings (SSSR count). The van der Waals surface area contributed by atoms with Crippen molar-refractivity contribution in [1.29, 1.82) is 0 Å². The molecule has 0 bridgehead atoms. The standard InChI is InChI=1S/C17H24N4O2S/c1-13(2)21-17(7-9-18-21)16-6-4-5-15(19-16)11-14-8-10-20(12-14)24(3,22)23/h4-7,9,13-14H,8,10-12H2,1-3H3/t14-/m1/s1. The highest BCUT2D eigenvalue weighted by Gasteiger charge is 2.28. The fraction of sp³-hybridized carbons (Fsp3) is 0.529. The first-order valence-electron chi connectivity index (χ1n) is 8.29. The maximum absolute atomic E-state index is 11.6. The molecule has 1 atom stereocenters. The average molecular weight is 348 g/mol. The molecule has 130 valence electrons. The lowest BCUT2D eigenvalue weighted by Crippen LogP contribution is -2.27. The highest BCUT2D eigenvalue weighted by atomic mass is 32.2. The minimum atomic E-state index is -3.09. The Labute approximate surface area is 143 Å². The molecule has 7 heteroatoms. The third kappa shape index (κ3) is 3.67. The predicted octanol–water partition coefficient (Wildman–Crippen LogP) is 2.35. The zero-order valence-corrected chi connectivity index (χ0v) is 15.2. The van der Waals surface area contributed by atoms with E-state index in [0.29, 0.717) is 19.0 Å². The second kappa shape index (κ2) is 6.64. The lowest BCUT2D eigenvalue weighted by Gasteiger charge is -2.14. The van der Waals surface area contributed by atoms with E-state index in [4.69, 9.17) is 4.98 Å². The van der Waals surface area contributed by atoms with Gasteiger partial charge >= 0.3 is 0 Å². The highest BCUT2D eigenvalue weighted by Crippen LogP contribution is 2.24. The van der Waals surface area contributed by atoms with Gasteiger partial charge < -0.3 is 0 Å². The lowest BCUT2D eigenvalue weighted by atomic mass is 10.0. The normalized spacial score (nSPS) is 19.2. The van der Waals surface area contributed by atoms with Gasteiger partial charge in [0.1, 0.15) is 0 Å². The minimum absolute atomic E-state index is 0.276. The third-order valence-corrected chi connectivity index (χ3v) is 5.71. The highest BCUT2D eigenvalue weighted by molar-refractivity contribution is 7.88. The molecule has 0 N–H and O–H groups in total. The van der Waals surface area contributed by atoms with Gasteiger partial charge in [0, 0.05) is 31.0 Å². The molecule has 0 unspecified atom stereocenters. The molecule has 2 aromatic heterocycles. The van der Waals surface area contributed by atoms with Crippen LogP contribution in [0, 0.1) is 5.92 Å². The maximum Gasteiger partial charge on any atom is 0.211 e. The van der Waals surface area contributed by atoms with Crippen LogP contribution in [-0.4, -0.2) is 46.8 Å². The number of hydrogen-bond donors (Lipinski definition) is 0. The molecule has 24 heavy (non-hydrogen) atoms. The smallest absolute Gasteiger partial charge is 0.211 e. The summed E-state index contributed by atoms with van der Waals surface area (Å²) in [5, 5.41) is 4.37. The van der Waals surface area contributed by atoms with Crippen LogP contribution in [0.5, 0.6) is 0 Å². The Hall–Kier alpha value is -1.73. The molecule has 0 radical (unpaired) electrons. The quantitative estimate of drug-likeness (QED) is 0.832. The van der Waals surface area contributed by atoms with Crippen LogP contribution in [0.1, 0.15) is 32.0 Å². The number of aromatic nitrogens is 3. The van der Waals surface area contributed by atoms with E-state index >= 15 is 0 Å². The molecule has 0 aromatic carbocycles. The van der Waals surface area contributed by atoms with Crippen LogP contribution in [-0.2, 0) is 16.4 Å². The lowest BCUT2D eigenvalue weighted by molar-refractivity contribution is 0.459. The Kier molecular flexibility index (Phi) is 4.73. The van der Waals surface area contributed by atoms with Crippen LogP contribution in [0.25, 0.3) is 11.4 Å². The molecule has 6 nitrogen and oxygen atoms in total. The average Bonchev–Trinajstić information content (AvgIpc) is 3.15. The fourth-order valence-corrected chi connectivity index (χ4v) is 4.14. The topological polar surface area (TPSA) is 68.1 Å². The van der Waals surface area contributed by atoms with Crippen LogP contribution < -0.4 is 0 Å². The third-order valence-electron chi connectivity index (χ3n) is 4.44. The van der Waals surface area contributed by atoms with E-state index in [9.17, 15) is 8.42 Å². The first-order chi connectivity index (χ1) is 11.3. The van der Waals surface area contributed by atoms with Crippen molar-refractivity contribution in [2.75, 3.05) is 19.3 Å². The molecule has 2 aromatic rings. The first-order valence-corrected chi connectivity index (χ1v) is 10.1. The Morgan fingerprint density at radius 2 is 2.08 bits per heavy atom. The van der Waals surface area contributed by atoms with Crippen LogP contribution in [0.2, 0.25) is 0 Å². The van der Waals surface area contributed by atoms with Gasteiger partial charge in [0.25, 0.3) is 0 Å². The zero-order chi connectivity index (χ0) is 17.3. The van der Waals surface area contributed by atoms with Gasteiger partial charge in [-0.05, 0) is 50.8 Å². The van der Waals surface area contributed by atoms with Crippen molar-refractivity contribution in [3.8, 4) is 11.4 Å². The fourth-order valence-electron chi connectivity index (χ4n) is 3.23. The maximum atomic E-state index is 11.6. The second-order valence-electron chi connectivity index (χ2n) is 6.75. The number of rotatable bonds is 5. The van der Waals surface area contributed by atoms with Crippen molar-refractivity contribution < 1.29 is 8.42 Å². The molecule has 3 heterocycles. The van der Waals surface area contributed by atoms with Gasteiger partial charge in [-0.3, -0.25) is 9.67 Å². The van der Waals surface area contributed by atoms with E-state index in [1.54, 1.807) is 10.5 Å². The van der Waals surface area contributed by atoms with E-state index < -0.39 is 10.0 Å². The zero-order valence-electron chi connectivity index (χ0n) is 14.4. The van der Waals surface area contributed by atoms with Crippen LogP contribution in [0.15, 0.2) is 30.5 Å². The Morgan fingerprint density at radius 1 is 1.29 bits per heavy atom. The summed E-state index contributed by atoms with van der Waals surface area (Å²) in [6.07, 6.45) is 4.77. The van der Waals surface area contributed by atoms with Gasteiger partial charge in [0.2, 0.25) is 10.0 Å². The molecular weight excluding hydrogens is 324 g/mol. The van der Waals surface area contributed by atoms with Crippen molar-refractivity contribution in [1.82, 2.24) is 19.1 Å². The van der Waals surface area contributed by atoms with Crippen molar-refractivity contribution in [2.45, 2.75) is 32.7 Å². The summed E-state index contributed by atoms with van der Waals surface area (Å²) in [5.74, 6) is 0.331. The van der Waals surface area contributed by atoms with Crippen LogP contribution in [0.3, 0.4) is 0 Å². The number of nitrogens with zero attached hydrogens (tertiary/aromatic N) is 4. The Morgan fingerprint density at radius 3 is 2.75 bits per heavy atom. The molecule has 1 aliphatic rings. The molecule has 1 aliphatic heterocycles. The summed E-state index contributed by atoms with van der Waals surface area (Å²) >= 11 is 0. The van der Waals surface area contributed by atoms with Crippen molar-refractivity contribution in [3.05, 3.63) is 36.2 Å². The number of pyridine rings is 1. The van der Waals surface area contributed by atoms with Crippen molar-refractivity contribution in [2.24, 2.45) is 5.92 Å². The molecule has 1 saturated heterocycles. The predicted molar refractivity (Wildman–Crippen MR) is 94.1 cm³/mol. The molecule has 0 amide bonds. The van der Waals surface area contributed by atoms with Crippen LogP contribution in [0.4, 0.5) is 0 Å². The van der Waals surface area contributed by atoms with E-state index in [2.05, 4.69) is 18.9 Å². The summed E-state index contributed by atoms with van der Waals surface area (Å²) in [6.45, 7) is 5.40. The molecule has 0 spiro atoms. The minimum Gasteiger partial charge on any atom is -0.261 e. The van der Waals surface area contributed by atoms with Gasteiger partial charge in [-0.15, -0.1) is 0 Å². The monoisotopic (exact) mass is 348 g/mol. The largest absolute Gasteiger partial charge is 0.261 e. The second-order valence-corrected chi connectivity index (χ2v) is 8.73. The van der Waals surface area contributed by atoms with Gasteiger partial charge in [-0.25, -0.2) is 12.7 Å². The molecular formula is C17H24N4O2S. The summed E-state index contributed by atoms with van der Waals surface area (Å²) in [7, 11) is -3.09. The summed E-state index contributed by atoms with van der Waals surface area (Å²) < 4.78 is 26.8. The van der Waals surface area contributed by atoms with Gasteiger partial charge in [-0.1, -0.05) is 6.07 Å². The summed E-state index contributed by atoms with van der Waals surface area (Å²) in [6, 6.07) is 8.28. The first kappa shape index (κ1) is 17.1. The SMILES string of the molecule is CC(C)n1nccc1-c1cccc(C[C@H]2CCN(S(C)(=O)=O)C2)n1. The molecule has 1 fully saturated rings. The van der Waals surface area contributed by atoms with E-state index in [1.165, 1.54) is 6.26 Å². The van der Waals surface area contributed by atoms with E-state index in [0.717, 1.165) is 29.9 Å². The van der Waals surface area contributed by atoms with E-state index in [1.807, 2.05) is 28.9 Å². The number of hydrogen-bond acceptors (Lipinski definition) is 4. The van der Waals surface area contributed by atoms with E-state index in [-0.39, 0.29) is 6.04 Å². The van der Waals surface area contributed by atoms with Crippen molar-refractivity contribution >= 4 is 10.0 Å². The molecule has 0 aliphatic carbocycles.